The van der Waals surface area contributed by atoms with E-state index in [4.69, 9.17) is 16.3 Å². The van der Waals surface area contributed by atoms with Crippen molar-refractivity contribution >= 4 is 28.4 Å². The molecule has 1 aromatic heterocycles. The van der Waals surface area contributed by atoms with Crippen LogP contribution < -0.4 is 4.74 Å². The molecule has 0 radical (unpaired) electrons. The second kappa shape index (κ2) is 8.63. The van der Waals surface area contributed by atoms with Crippen LogP contribution in [-0.4, -0.2) is 34.0 Å². The predicted octanol–water partition coefficient (Wildman–Crippen LogP) is 6.42. The molecule has 1 saturated heterocycles. The highest BCUT2D eigenvalue weighted by Crippen LogP contribution is 2.42. The number of nitriles is 1. The smallest absolute Gasteiger partial charge is 0.230 e. The summed E-state index contributed by atoms with van der Waals surface area (Å²) in [6, 6.07) is 6.50. The zero-order valence-corrected chi connectivity index (χ0v) is 20.5. The SMILES string of the molecule is CC1CC(C)N(C(=O)C(C)c2c[nH]c3ccc(OC4CC4)c(Cl)c23)C(CC(C)(C)C#N)C1. The summed E-state index contributed by atoms with van der Waals surface area (Å²) in [7, 11) is 0. The number of rotatable bonds is 6. The minimum Gasteiger partial charge on any atom is -0.489 e. The third-order valence-corrected chi connectivity index (χ3v) is 7.40. The van der Waals surface area contributed by atoms with Crippen molar-refractivity contribution in [1.82, 2.24) is 9.88 Å². The van der Waals surface area contributed by atoms with Crippen LogP contribution in [0.5, 0.6) is 5.75 Å². The summed E-state index contributed by atoms with van der Waals surface area (Å²) in [5.41, 5.74) is 1.35. The summed E-state index contributed by atoms with van der Waals surface area (Å²) in [6.45, 7) is 10.3. The number of carbonyl (C=O) groups excluding carboxylic acids is 1. The molecule has 1 aliphatic heterocycles. The third-order valence-electron chi connectivity index (χ3n) is 7.02. The normalized spacial score (nSPS) is 24.9. The van der Waals surface area contributed by atoms with Crippen molar-refractivity contribution < 1.29 is 9.53 Å². The molecule has 4 rings (SSSR count). The number of piperidine rings is 1. The van der Waals surface area contributed by atoms with Gasteiger partial charge >= 0.3 is 0 Å². The Balaban J connectivity index is 1.65. The molecule has 1 aliphatic carbocycles. The van der Waals surface area contributed by atoms with Crippen molar-refractivity contribution in [1.29, 1.82) is 5.26 Å². The van der Waals surface area contributed by atoms with Crippen LogP contribution in [0.15, 0.2) is 18.3 Å². The molecule has 2 aromatic rings. The first-order valence-electron chi connectivity index (χ1n) is 11.8. The number of hydrogen-bond donors (Lipinski definition) is 1. The maximum absolute atomic E-state index is 13.9. The standard InChI is InChI=1S/C26H34ClN3O2/c1-15-10-16(2)30(18(11-15)12-26(4,5)14-28)25(31)17(3)20-13-29-21-8-9-22(24(27)23(20)21)32-19-6-7-19/h8-9,13,15-19,29H,6-7,10-12H2,1-5H3. The van der Waals surface area contributed by atoms with Crippen LogP contribution >= 0.6 is 11.6 Å². The van der Waals surface area contributed by atoms with Crippen LogP contribution in [0, 0.1) is 22.7 Å². The topological polar surface area (TPSA) is 69.1 Å². The quantitative estimate of drug-likeness (QED) is 0.546. The molecule has 1 aromatic carbocycles. The number of fused-ring (bicyclic) bond motifs is 1. The minimum absolute atomic E-state index is 0.0628. The Hall–Kier alpha value is -2.19. The van der Waals surface area contributed by atoms with E-state index in [1.54, 1.807) is 0 Å². The van der Waals surface area contributed by atoms with Gasteiger partial charge in [0.2, 0.25) is 5.91 Å². The van der Waals surface area contributed by atoms with E-state index >= 15 is 0 Å². The van der Waals surface area contributed by atoms with Gasteiger partial charge in [-0.25, -0.2) is 0 Å². The molecule has 1 saturated carbocycles. The number of nitrogens with one attached hydrogen (secondary N) is 1. The van der Waals surface area contributed by atoms with E-state index in [0.717, 1.165) is 42.1 Å². The van der Waals surface area contributed by atoms with Crippen molar-refractivity contribution in [3.8, 4) is 11.8 Å². The van der Waals surface area contributed by atoms with Crippen LogP contribution in [-0.2, 0) is 4.79 Å². The lowest BCUT2D eigenvalue weighted by Gasteiger charge is -2.46. The number of benzene rings is 1. The number of aromatic nitrogens is 1. The van der Waals surface area contributed by atoms with Gasteiger partial charge in [0.05, 0.1) is 28.5 Å². The largest absolute Gasteiger partial charge is 0.489 e. The van der Waals surface area contributed by atoms with E-state index in [1.807, 2.05) is 39.1 Å². The summed E-state index contributed by atoms with van der Waals surface area (Å²) < 4.78 is 5.99. The highest BCUT2D eigenvalue weighted by atomic mass is 35.5. The number of halogens is 1. The molecule has 6 heteroatoms. The molecule has 1 N–H and O–H groups in total. The highest BCUT2D eigenvalue weighted by molar-refractivity contribution is 6.37. The lowest BCUT2D eigenvalue weighted by atomic mass is 9.78. The Morgan fingerprint density at radius 2 is 2.06 bits per heavy atom. The van der Waals surface area contributed by atoms with E-state index in [0.29, 0.717) is 23.1 Å². The second-order valence-corrected chi connectivity index (χ2v) is 11.0. The van der Waals surface area contributed by atoms with Crippen molar-refractivity contribution in [3.05, 3.63) is 28.9 Å². The molecular weight excluding hydrogens is 422 g/mol. The zero-order valence-electron chi connectivity index (χ0n) is 19.7. The monoisotopic (exact) mass is 455 g/mol. The van der Waals surface area contributed by atoms with E-state index in [9.17, 15) is 10.1 Å². The summed E-state index contributed by atoms with van der Waals surface area (Å²) in [5, 5.41) is 11.0. The number of amides is 1. The number of ether oxygens (including phenoxy) is 1. The van der Waals surface area contributed by atoms with Crippen molar-refractivity contribution in [2.45, 2.75) is 90.8 Å². The van der Waals surface area contributed by atoms with Crippen LogP contribution in [0.3, 0.4) is 0 Å². The Morgan fingerprint density at radius 3 is 2.72 bits per heavy atom. The summed E-state index contributed by atoms with van der Waals surface area (Å²) in [6.07, 6.45) is 6.89. The van der Waals surface area contributed by atoms with Gasteiger partial charge in [-0.05, 0) is 83.4 Å². The maximum atomic E-state index is 13.9. The van der Waals surface area contributed by atoms with Gasteiger partial charge in [-0.15, -0.1) is 0 Å². The van der Waals surface area contributed by atoms with Crippen LogP contribution in [0.25, 0.3) is 10.9 Å². The van der Waals surface area contributed by atoms with Crippen LogP contribution in [0.4, 0.5) is 0 Å². The first-order valence-corrected chi connectivity index (χ1v) is 12.2. The van der Waals surface area contributed by atoms with Crippen molar-refractivity contribution in [2.75, 3.05) is 0 Å². The molecular formula is C26H34ClN3O2. The molecule has 4 atom stereocenters. The van der Waals surface area contributed by atoms with Gasteiger partial charge in [0.25, 0.3) is 0 Å². The Morgan fingerprint density at radius 1 is 1.34 bits per heavy atom. The molecule has 2 aliphatic rings. The molecule has 172 valence electrons. The van der Waals surface area contributed by atoms with Gasteiger partial charge in [-0.2, -0.15) is 5.26 Å². The Labute approximate surface area is 196 Å². The summed E-state index contributed by atoms with van der Waals surface area (Å²) in [4.78, 5) is 19.2. The molecule has 5 nitrogen and oxygen atoms in total. The average Bonchev–Trinajstić information content (AvgIpc) is 3.44. The fourth-order valence-corrected chi connectivity index (χ4v) is 5.60. The van der Waals surface area contributed by atoms with E-state index in [1.165, 1.54) is 0 Å². The fraction of sp³-hybridized carbons (Fsp3) is 0.615. The van der Waals surface area contributed by atoms with Crippen LogP contribution in [0.2, 0.25) is 5.02 Å². The van der Waals surface area contributed by atoms with Gasteiger partial charge in [-0.3, -0.25) is 4.79 Å². The van der Waals surface area contributed by atoms with Gasteiger partial charge < -0.3 is 14.6 Å². The van der Waals surface area contributed by atoms with Crippen LogP contribution in [0.1, 0.15) is 78.2 Å². The Kier molecular flexibility index (Phi) is 6.20. The molecule has 1 amide bonds. The highest BCUT2D eigenvalue weighted by Gasteiger charge is 2.40. The number of nitrogens with zero attached hydrogens (tertiary/aromatic N) is 2. The number of H-pyrrole nitrogens is 1. The summed E-state index contributed by atoms with van der Waals surface area (Å²) >= 11 is 6.77. The predicted molar refractivity (Wildman–Crippen MR) is 128 cm³/mol. The van der Waals surface area contributed by atoms with Gasteiger partial charge in [0.15, 0.2) is 0 Å². The number of hydrogen-bond acceptors (Lipinski definition) is 3. The molecule has 0 spiro atoms. The number of aromatic amines is 1. The Bertz CT molecular complexity index is 1050. The first kappa shape index (κ1) is 23.0. The molecule has 4 unspecified atom stereocenters. The maximum Gasteiger partial charge on any atom is 0.230 e. The lowest BCUT2D eigenvalue weighted by molar-refractivity contribution is -0.140. The fourth-order valence-electron chi connectivity index (χ4n) is 5.29. The summed E-state index contributed by atoms with van der Waals surface area (Å²) in [5.74, 6) is 0.985. The molecule has 2 heterocycles. The van der Waals surface area contributed by atoms with E-state index in [2.05, 4.69) is 29.8 Å². The number of likely N-dealkylation sites (tertiary alicyclic amines) is 1. The van der Waals surface area contributed by atoms with Gasteiger partial charge in [0.1, 0.15) is 5.75 Å². The number of carbonyl (C=O) groups is 1. The molecule has 32 heavy (non-hydrogen) atoms. The van der Waals surface area contributed by atoms with Gasteiger partial charge in [0, 0.05) is 29.2 Å². The van der Waals surface area contributed by atoms with E-state index < -0.39 is 5.41 Å². The third kappa shape index (κ3) is 4.48. The van der Waals surface area contributed by atoms with Gasteiger partial charge in [-0.1, -0.05) is 18.5 Å². The minimum atomic E-state index is -0.470. The zero-order chi connectivity index (χ0) is 23.2. The molecule has 0 bridgehead atoms. The second-order valence-electron chi connectivity index (χ2n) is 10.6. The first-order chi connectivity index (χ1) is 15.1. The van der Waals surface area contributed by atoms with E-state index in [-0.39, 0.29) is 30.0 Å². The van der Waals surface area contributed by atoms with Crippen molar-refractivity contribution in [3.63, 3.8) is 0 Å². The average molecular weight is 456 g/mol. The van der Waals surface area contributed by atoms with Crippen molar-refractivity contribution in [2.24, 2.45) is 11.3 Å². The molecule has 2 fully saturated rings. The lowest BCUT2D eigenvalue weighted by Crippen LogP contribution is -2.53.